The van der Waals surface area contributed by atoms with E-state index >= 15 is 0 Å². The highest BCUT2D eigenvalue weighted by atomic mass is 16.1. The highest BCUT2D eigenvalue weighted by Crippen LogP contribution is 2.10. The van der Waals surface area contributed by atoms with Crippen molar-refractivity contribution >= 4 is 10.9 Å². The Morgan fingerprint density at radius 1 is 1.00 bits per heavy atom. The normalized spacial score (nSPS) is 11.1. The average Bonchev–Trinajstić information content (AvgIpc) is 2.46. The summed E-state index contributed by atoms with van der Waals surface area (Å²) in [5, 5.41) is 0.677. The molecule has 2 aromatic rings. The second kappa shape index (κ2) is 7.83. The zero-order valence-electron chi connectivity index (χ0n) is 12.3. The first kappa shape index (κ1) is 14.8. The number of para-hydroxylation sites is 1. The molecule has 0 bridgehead atoms. The minimum Gasteiger partial charge on any atom is -0.310 e. The quantitative estimate of drug-likeness (QED) is 0.731. The lowest BCUT2D eigenvalue weighted by Crippen LogP contribution is -2.11. The molecular formula is C17H24N2O. The number of fused-ring (bicyclic) bond motifs is 1. The molecule has 2 rings (SSSR count). The van der Waals surface area contributed by atoms with Gasteiger partial charge in [-0.25, -0.2) is 4.98 Å². The van der Waals surface area contributed by atoms with Gasteiger partial charge in [0, 0.05) is 6.42 Å². The Hall–Kier alpha value is -1.64. The van der Waals surface area contributed by atoms with Crippen molar-refractivity contribution in [1.29, 1.82) is 0 Å². The van der Waals surface area contributed by atoms with Gasteiger partial charge in [0.15, 0.2) is 0 Å². The van der Waals surface area contributed by atoms with Crippen LogP contribution < -0.4 is 5.56 Å². The molecule has 0 fully saturated rings. The molecule has 0 unspecified atom stereocenters. The SMILES string of the molecule is CCCCCCCCCc1nc2ccccc2c(=O)[nH]1. The summed E-state index contributed by atoms with van der Waals surface area (Å²) in [4.78, 5) is 19.3. The number of hydrogen-bond acceptors (Lipinski definition) is 2. The van der Waals surface area contributed by atoms with Crippen molar-refractivity contribution in [1.82, 2.24) is 9.97 Å². The molecule has 3 nitrogen and oxygen atoms in total. The number of aryl methyl sites for hydroxylation is 1. The van der Waals surface area contributed by atoms with Crippen molar-refractivity contribution in [2.45, 2.75) is 58.3 Å². The summed E-state index contributed by atoms with van der Waals surface area (Å²) >= 11 is 0. The van der Waals surface area contributed by atoms with Crippen molar-refractivity contribution in [3.63, 3.8) is 0 Å². The van der Waals surface area contributed by atoms with Crippen molar-refractivity contribution in [2.75, 3.05) is 0 Å². The van der Waals surface area contributed by atoms with E-state index in [1.54, 1.807) is 0 Å². The maximum absolute atomic E-state index is 11.9. The van der Waals surface area contributed by atoms with E-state index in [0.29, 0.717) is 5.39 Å². The molecule has 1 aromatic carbocycles. The van der Waals surface area contributed by atoms with E-state index in [2.05, 4.69) is 16.9 Å². The van der Waals surface area contributed by atoms with Crippen LogP contribution in [0.2, 0.25) is 0 Å². The number of H-pyrrole nitrogens is 1. The number of rotatable bonds is 8. The second-order valence-corrected chi connectivity index (χ2v) is 5.40. The van der Waals surface area contributed by atoms with Crippen molar-refractivity contribution in [3.8, 4) is 0 Å². The van der Waals surface area contributed by atoms with Crippen LogP contribution in [0.4, 0.5) is 0 Å². The Kier molecular flexibility index (Phi) is 5.78. The van der Waals surface area contributed by atoms with Crippen LogP contribution in [-0.2, 0) is 6.42 Å². The van der Waals surface area contributed by atoms with Gasteiger partial charge in [-0.1, -0.05) is 57.6 Å². The zero-order chi connectivity index (χ0) is 14.2. The molecule has 0 atom stereocenters. The molecule has 1 heterocycles. The molecule has 0 radical (unpaired) electrons. The van der Waals surface area contributed by atoms with Gasteiger partial charge in [-0.3, -0.25) is 4.79 Å². The standard InChI is InChI=1S/C17H24N2O/c1-2-3-4-5-6-7-8-13-16-18-15-12-10-9-11-14(15)17(20)19-16/h9-12H,2-8,13H2,1H3,(H,18,19,20). The molecule has 0 saturated carbocycles. The van der Waals surface area contributed by atoms with Crippen LogP contribution in [0, 0.1) is 0 Å². The largest absolute Gasteiger partial charge is 0.310 e. The lowest BCUT2D eigenvalue weighted by molar-refractivity contribution is 0.584. The Morgan fingerprint density at radius 3 is 2.50 bits per heavy atom. The van der Waals surface area contributed by atoms with E-state index in [1.165, 1.54) is 38.5 Å². The number of nitrogens with zero attached hydrogens (tertiary/aromatic N) is 1. The van der Waals surface area contributed by atoms with E-state index in [1.807, 2.05) is 24.3 Å². The minimum atomic E-state index is -0.0199. The van der Waals surface area contributed by atoms with Gasteiger partial charge < -0.3 is 4.98 Å². The molecule has 0 aliphatic heterocycles. The van der Waals surface area contributed by atoms with Gasteiger partial charge in [0.05, 0.1) is 10.9 Å². The molecule has 0 saturated heterocycles. The fraction of sp³-hybridized carbons (Fsp3) is 0.529. The molecule has 0 spiro atoms. The third-order valence-electron chi connectivity index (χ3n) is 3.68. The van der Waals surface area contributed by atoms with Gasteiger partial charge in [0.2, 0.25) is 0 Å². The van der Waals surface area contributed by atoms with E-state index in [9.17, 15) is 4.79 Å². The summed E-state index contributed by atoms with van der Waals surface area (Å²) in [5.41, 5.74) is 0.780. The third kappa shape index (κ3) is 4.19. The monoisotopic (exact) mass is 272 g/mol. The smallest absolute Gasteiger partial charge is 0.258 e. The first-order valence-electron chi connectivity index (χ1n) is 7.79. The van der Waals surface area contributed by atoms with Crippen molar-refractivity contribution in [3.05, 3.63) is 40.4 Å². The summed E-state index contributed by atoms with van der Waals surface area (Å²) in [6.45, 7) is 2.24. The van der Waals surface area contributed by atoms with E-state index < -0.39 is 0 Å². The molecule has 1 aromatic heterocycles. The van der Waals surface area contributed by atoms with Crippen molar-refractivity contribution in [2.24, 2.45) is 0 Å². The summed E-state index contributed by atoms with van der Waals surface area (Å²) in [6.07, 6.45) is 9.80. The first-order valence-corrected chi connectivity index (χ1v) is 7.79. The van der Waals surface area contributed by atoms with Crippen LogP contribution in [-0.4, -0.2) is 9.97 Å². The molecule has 0 aliphatic rings. The van der Waals surface area contributed by atoms with Crippen molar-refractivity contribution < 1.29 is 0 Å². The molecule has 108 valence electrons. The number of unbranched alkanes of at least 4 members (excludes halogenated alkanes) is 6. The highest BCUT2D eigenvalue weighted by molar-refractivity contribution is 5.77. The molecule has 3 heteroatoms. The lowest BCUT2D eigenvalue weighted by atomic mass is 10.1. The van der Waals surface area contributed by atoms with Gasteiger partial charge in [-0.05, 0) is 18.6 Å². The van der Waals surface area contributed by atoms with E-state index in [0.717, 1.165) is 24.2 Å². The zero-order valence-corrected chi connectivity index (χ0v) is 12.3. The number of benzene rings is 1. The van der Waals surface area contributed by atoms with Gasteiger partial charge in [-0.15, -0.1) is 0 Å². The summed E-state index contributed by atoms with van der Waals surface area (Å²) in [5.74, 6) is 0.822. The third-order valence-corrected chi connectivity index (χ3v) is 3.68. The van der Waals surface area contributed by atoms with Crippen LogP contribution in [0.25, 0.3) is 10.9 Å². The molecular weight excluding hydrogens is 248 g/mol. The topological polar surface area (TPSA) is 45.8 Å². The molecule has 20 heavy (non-hydrogen) atoms. The Balaban J connectivity index is 1.83. The Bertz CT molecular complexity index is 589. The fourth-order valence-corrected chi connectivity index (χ4v) is 2.50. The maximum Gasteiger partial charge on any atom is 0.258 e. The van der Waals surface area contributed by atoms with Crippen LogP contribution in [0.1, 0.15) is 57.7 Å². The van der Waals surface area contributed by atoms with E-state index in [-0.39, 0.29) is 5.56 Å². The fourth-order valence-electron chi connectivity index (χ4n) is 2.50. The number of aromatic nitrogens is 2. The average molecular weight is 272 g/mol. The van der Waals surface area contributed by atoms with Crippen LogP contribution in [0.15, 0.2) is 29.1 Å². The first-order chi connectivity index (χ1) is 9.81. The molecule has 0 amide bonds. The Labute approximate surface area is 120 Å². The van der Waals surface area contributed by atoms with Crippen LogP contribution in [0.5, 0.6) is 0 Å². The summed E-state index contributed by atoms with van der Waals surface area (Å²) in [6, 6.07) is 7.51. The second-order valence-electron chi connectivity index (χ2n) is 5.40. The number of aromatic amines is 1. The number of nitrogens with one attached hydrogen (secondary N) is 1. The molecule has 0 aliphatic carbocycles. The van der Waals surface area contributed by atoms with Gasteiger partial charge in [0.1, 0.15) is 5.82 Å². The van der Waals surface area contributed by atoms with Crippen LogP contribution in [0.3, 0.4) is 0 Å². The predicted molar refractivity (Wildman–Crippen MR) is 84.1 cm³/mol. The van der Waals surface area contributed by atoms with Crippen LogP contribution >= 0.6 is 0 Å². The van der Waals surface area contributed by atoms with E-state index in [4.69, 9.17) is 0 Å². The predicted octanol–water partition coefficient (Wildman–Crippen LogP) is 4.22. The number of hydrogen-bond donors (Lipinski definition) is 1. The van der Waals surface area contributed by atoms with Gasteiger partial charge in [0.25, 0.3) is 5.56 Å². The summed E-state index contributed by atoms with van der Waals surface area (Å²) < 4.78 is 0. The summed E-state index contributed by atoms with van der Waals surface area (Å²) in [7, 11) is 0. The maximum atomic E-state index is 11.9. The lowest BCUT2D eigenvalue weighted by Gasteiger charge is -2.03. The van der Waals surface area contributed by atoms with Gasteiger partial charge >= 0.3 is 0 Å². The van der Waals surface area contributed by atoms with Gasteiger partial charge in [-0.2, -0.15) is 0 Å². The highest BCUT2D eigenvalue weighted by Gasteiger charge is 2.02. The minimum absolute atomic E-state index is 0.0199. The molecule has 1 N–H and O–H groups in total. The Morgan fingerprint density at radius 2 is 1.70 bits per heavy atom.